The van der Waals surface area contributed by atoms with Gasteiger partial charge in [0, 0.05) is 37.3 Å². The Hall–Kier alpha value is -4.11. The van der Waals surface area contributed by atoms with Crippen LogP contribution >= 0.6 is 0 Å². The van der Waals surface area contributed by atoms with Gasteiger partial charge in [0.25, 0.3) is 5.91 Å². The number of nitrogens with one attached hydrogen (secondary N) is 2. The number of nitrogens with zero attached hydrogens (tertiary/aromatic N) is 2. The fraction of sp³-hybridized carbons (Fsp3) is 0.345. The molecule has 9 heteroatoms. The molecule has 0 saturated carbocycles. The van der Waals surface area contributed by atoms with Crippen molar-refractivity contribution >= 4 is 17.5 Å². The first kappa shape index (κ1) is 26.9. The lowest BCUT2D eigenvalue weighted by atomic mass is 10.0. The standard InChI is InChI=1S/C29H36N6O3/c30-27(21-11-13-24(14-12-21)38-23-8-3-1-4-9-23)26(29(32)37)28(31)33-22-15-19-35(20-22)25(36)10-7-18-34-16-5-2-6-17-34/h1,3-4,7-14,22,30,33H,2,5-6,15-20,31H2,(H2,32,37)/b10-7+,28-26+,30-27?. The second-order valence-electron chi connectivity index (χ2n) is 9.65. The van der Waals surface area contributed by atoms with Gasteiger partial charge in [-0.15, -0.1) is 0 Å². The van der Waals surface area contributed by atoms with Crippen LogP contribution in [0.4, 0.5) is 0 Å². The van der Waals surface area contributed by atoms with E-state index in [1.165, 1.54) is 19.3 Å². The van der Waals surface area contributed by atoms with Crippen molar-refractivity contribution in [2.75, 3.05) is 32.7 Å². The highest BCUT2D eigenvalue weighted by molar-refractivity contribution is 6.26. The van der Waals surface area contributed by atoms with Crippen molar-refractivity contribution in [3.63, 3.8) is 0 Å². The number of amides is 2. The highest BCUT2D eigenvalue weighted by Crippen LogP contribution is 2.22. The summed E-state index contributed by atoms with van der Waals surface area (Å²) in [5.41, 5.74) is 12.2. The first-order valence-corrected chi connectivity index (χ1v) is 13.1. The minimum Gasteiger partial charge on any atom is -0.457 e. The summed E-state index contributed by atoms with van der Waals surface area (Å²) in [4.78, 5) is 29.0. The van der Waals surface area contributed by atoms with Gasteiger partial charge >= 0.3 is 0 Å². The number of ether oxygens (including phenoxy) is 1. The molecule has 0 aliphatic carbocycles. The van der Waals surface area contributed by atoms with Gasteiger partial charge in [-0.3, -0.25) is 19.9 Å². The third-order valence-electron chi connectivity index (χ3n) is 6.82. The van der Waals surface area contributed by atoms with Crippen molar-refractivity contribution < 1.29 is 14.3 Å². The molecule has 200 valence electrons. The Morgan fingerprint density at radius 1 is 0.974 bits per heavy atom. The molecule has 2 amide bonds. The van der Waals surface area contributed by atoms with E-state index >= 15 is 0 Å². The summed E-state index contributed by atoms with van der Waals surface area (Å²) in [5.74, 6) is 0.505. The quantitative estimate of drug-likeness (QED) is 0.283. The normalized spacial score (nSPS) is 18.7. The van der Waals surface area contributed by atoms with Crippen molar-refractivity contribution in [2.45, 2.75) is 31.7 Å². The fourth-order valence-electron chi connectivity index (χ4n) is 4.77. The van der Waals surface area contributed by atoms with Crippen LogP contribution in [0.5, 0.6) is 11.5 Å². The Balaban J connectivity index is 1.34. The van der Waals surface area contributed by atoms with Gasteiger partial charge in [0.15, 0.2) is 0 Å². The molecule has 2 aromatic rings. The van der Waals surface area contributed by atoms with Crippen molar-refractivity contribution in [1.29, 1.82) is 5.41 Å². The first-order valence-electron chi connectivity index (χ1n) is 13.1. The average molecular weight is 517 g/mol. The number of benzene rings is 2. The van der Waals surface area contributed by atoms with Gasteiger partial charge in [-0.1, -0.05) is 30.7 Å². The predicted octanol–water partition coefficient (Wildman–Crippen LogP) is 2.73. The zero-order valence-corrected chi connectivity index (χ0v) is 21.6. The molecule has 2 heterocycles. The second-order valence-corrected chi connectivity index (χ2v) is 9.65. The maximum atomic E-state index is 12.6. The van der Waals surface area contributed by atoms with Gasteiger partial charge in [-0.05, 0) is 68.8 Å². The number of likely N-dealkylation sites (tertiary alicyclic amines) is 2. The molecule has 1 unspecified atom stereocenters. The first-order chi connectivity index (χ1) is 18.4. The van der Waals surface area contributed by atoms with Crippen molar-refractivity contribution in [1.82, 2.24) is 15.1 Å². The van der Waals surface area contributed by atoms with Gasteiger partial charge in [0.05, 0.1) is 5.71 Å². The van der Waals surface area contributed by atoms with Crippen LogP contribution in [0.15, 0.2) is 78.1 Å². The molecule has 0 radical (unpaired) electrons. The smallest absolute Gasteiger partial charge is 0.254 e. The summed E-state index contributed by atoms with van der Waals surface area (Å²) < 4.78 is 5.79. The summed E-state index contributed by atoms with van der Waals surface area (Å²) in [5, 5.41) is 11.7. The molecule has 38 heavy (non-hydrogen) atoms. The SMILES string of the molecule is N=C(/C(C(N)=O)=C(/N)NC1CCN(C(=O)/C=C/CN2CCCCC2)C1)c1ccc(Oc2ccccc2)cc1. The number of piperidine rings is 1. The number of hydrogen-bond donors (Lipinski definition) is 4. The summed E-state index contributed by atoms with van der Waals surface area (Å²) in [6, 6.07) is 16.0. The van der Waals surface area contributed by atoms with Crippen LogP contribution in [0, 0.1) is 5.41 Å². The van der Waals surface area contributed by atoms with Gasteiger partial charge in [-0.2, -0.15) is 0 Å². The molecule has 0 aromatic heterocycles. The predicted molar refractivity (Wildman–Crippen MR) is 148 cm³/mol. The van der Waals surface area contributed by atoms with Gasteiger partial charge in [-0.25, -0.2) is 0 Å². The highest BCUT2D eigenvalue weighted by Gasteiger charge is 2.27. The molecule has 2 aliphatic heterocycles. The number of carbonyl (C=O) groups excluding carboxylic acids is 2. The molecular formula is C29H36N6O3. The summed E-state index contributed by atoms with van der Waals surface area (Å²) in [6.45, 7) is 4.01. The van der Waals surface area contributed by atoms with Crippen molar-refractivity contribution in [3.05, 3.63) is 83.7 Å². The van der Waals surface area contributed by atoms with E-state index in [2.05, 4.69) is 10.2 Å². The van der Waals surface area contributed by atoms with Gasteiger partial charge < -0.3 is 26.4 Å². The van der Waals surface area contributed by atoms with E-state index in [1.54, 1.807) is 35.2 Å². The van der Waals surface area contributed by atoms with Crippen LogP contribution in [-0.2, 0) is 9.59 Å². The summed E-state index contributed by atoms with van der Waals surface area (Å²) in [6.07, 6.45) is 7.98. The highest BCUT2D eigenvalue weighted by atomic mass is 16.5. The molecule has 2 aliphatic rings. The average Bonchev–Trinajstić information content (AvgIpc) is 3.38. The van der Waals surface area contributed by atoms with E-state index in [0.717, 1.165) is 19.6 Å². The number of para-hydroxylation sites is 1. The number of primary amides is 1. The zero-order chi connectivity index (χ0) is 26.9. The van der Waals surface area contributed by atoms with E-state index in [-0.39, 0.29) is 29.1 Å². The molecule has 2 aromatic carbocycles. The number of carbonyl (C=O) groups is 2. The Bertz CT molecular complexity index is 1190. The molecule has 1 atom stereocenters. The molecule has 0 bridgehead atoms. The Labute approximate surface area is 223 Å². The van der Waals surface area contributed by atoms with E-state index in [9.17, 15) is 9.59 Å². The fourth-order valence-corrected chi connectivity index (χ4v) is 4.77. The van der Waals surface area contributed by atoms with E-state index in [0.29, 0.717) is 36.6 Å². The number of nitrogens with two attached hydrogens (primary N) is 2. The summed E-state index contributed by atoms with van der Waals surface area (Å²) in [7, 11) is 0. The largest absolute Gasteiger partial charge is 0.457 e. The van der Waals surface area contributed by atoms with Crippen LogP contribution in [0.1, 0.15) is 31.2 Å². The minimum absolute atomic E-state index is 0.0328. The molecule has 2 fully saturated rings. The molecular weight excluding hydrogens is 480 g/mol. The number of rotatable bonds is 10. The molecule has 4 rings (SSSR count). The Morgan fingerprint density at radius 2 is 1.66 bits per heavy atom. The van der Waals surface area contributed by atoms with Crippen molar-refractivity contribution in [3.8, 4) is 11.5 Å². The maximum Gasteiger partial charge on any atom is 0.254 e. The lowest BCUT2D eigenvalue weighted by Crippen LogP contribution is -2.39. The lowest BCUT2D eigenvalue weighted by molar-refractivity contribution is -0.125. The topological polar surface area (TPSA) is 138 Å². The van der Waals surface area contributed by atoms with E-state index < -0.39 is 5.91 Å². The van der Waals surface area contributed by atoms with Crippen LogP contribution in [0.25, 0.3) is 0 Å². The third-order valence-corrected chi connectivity index (χ3v) is 6.82. The van der Waals surface area contributed by atoms with E-state index in [1.807, 2.05) is 36.4 Å². The molecule has 2 saturated heterocycles. The molecule has 6 N–H and O–H groups in total. The van der Waals surface area contributed by atoms with Gasteiger partial charge in [0.2, 0.25) is 5.91 Å². The molecule has 9 nitrogen and oxygen atoms in total. The van der Waals surface area contributed by atoms with Crippen LogP contribution in [0.2, 0.25) is 0 Å². The van der Waals surface area contributed by atoms with Gasteiger partial charge in [0.1, 0.15) is 22.9 Å². The van der Waals surface area contributed by atoms with Crippen LogP contribution in [-0.4, -0.2) is 66.1 Å². The lowest BCUT2D eigenvalue weighted by Gasteiger charge is -2.24. The number of hydrogen-bond acceptors (Lipinski definition) is 7. The Morgan fingerprint density at radius 3 is 2.34 bits per heavy atom. The third kappa shape index (κ3) is 7.23. The van der Waals surface area contributed by atoms with E-state index in [4.69, 9.17) is 21.6 Å². The zero-order valence-electron chi connectivity index (χ0n) is 21.6. The van der Waals surface area contributed by atoms with Crippen LogP contribution < -0.4 is 21.5 Å². The monoisotopic (exact) mass is 516 g/mol. The maximum absolute atomic E-state index is 12.6. The van der Waals surface area contributed by atoms with Crippen LogP contribution in [0.3, 0.4) is 0 Å². The molecule has 0 spiro atoms. The minimum atomic E-state index is -0.795. The second kappa shape index (κ2) is 12.9. The summed E-state index contributed by atoms with van der Waals surface area (Å²) >= 11 is 0. The van der Waals surface area contributed by atoms with Crippen molar-refractivity contribution in [2.24, 2.45) is 11.5 Å². The Kier molecular flexibility index (Phi) is 9.16.